The van der Waals surface area contributed by atoms with Crippen molar-refractivity contribution in [2.75, 3.05) is 31.1 Å². The second kappa shape index (κ2) is 9.94. The van der Waals surface area contributed by atoms with E-state index in [1.54, 1.807) is 12.1 Å². The summed E-state index contributed by atoms with van der Waals surface area (Å²) in [6, 6.07) is 21.9. The van der Waals surface area contributed by atoms with Crippen molar-refractivity contribution in [2.24, 2.45) is 0 Å². The van der Waals surface area contributed by atoms with E-state index in [9.17, 15) is 9.18 Å². The molecule has 1 saturated heterocycles. The summed E-state index contributed by atoms with van der Waals surface area (Å²) in [6.07, 6.45) is 0. The Balaban J connectivity index is 1.29. The van der Waals surface area contributed by atoms with E-state index in [4.69, 9.17) is 11.6 Å². The minimum Gasteiger partial charge on any atom is -0.369 e. The van der Waals surface area contributed by atoms with Crippen LogP contribution in [0.1, 0.15) is 21.5 Å². The van der Waals surface area contributed by atoms with Gasteiger partial charge in [-0.3, -0.25) is 9.69 Å². The molecule has 4 nitrogen and oxygen atoms in total. The number of amides is 1. The maximum absolute atomic E-state index is 13.0. The highest BCUT2D eigenvalue weighted by molar-refractivity contribution is 6.30. The Morgan fingerprint density at radius 2 is 1.61 bits per heavy atom. The van der Waals surface area contributed by atoms with E-state index in [1.165, 1.54) is 17.8 Å². The van der Waals surface area contributed by atoms with Gasteiger partial charge in [-0.1, -0.05) is 35.9 Å². The normalized spacial score (nSPS) is 14.5. The second-order valence-corrected chi connectivity index (χ2v) is 8.19. The lowest BCUT2D eigenvalue weighted by Crippen LogP contribution is -2.45. The lowest BCUT2D eigenvalue weighted by Gasteiger charge is -2.36. The Labute approximate surface area is 187 Å². The van der Waals surface area contributed by atoms with Crippen LogP contribution in [0, 0.1) is 5.82 Å². The smallest absolute Gasteiger partial charge is 0.251 e. The van der Waals surface area contributed by atoms with Crippen LogP contribution in [-0.4, -0.2) is 37.0 Å². The molecule has 1 aliphatic rings. The first kappa shape index (κ1) is 21.3. The lowest BCUT2D eigenvalue weighted by molar-refractivity contribution is 0.0950. The molecule has 1 heterocycles. The summed E-state index contributed by atoms with van der Waals surface area (Å²) >= 11 is 5.99. The third-order valence-corrected chi connectivity index (χ3v) is 5.78. The summed E-state index contributed by atoms with van der Waals surface area (Å²) in [5, 5.41) is 3.66. The van der Waals surface area contributed by atoms with Gasteiger partial charge in [0, 0.05) is 55.5 Å². The van der Waals surface area contributed by atoms with E-state index in [1.807, 2.05) is 30.3 Å². The molecule has 1 aliphatic heterocycles. The Kier molecular flexibility index (Phi) is 6.85. The Morgan fingerprint density at radius 3 is 2.32 bits per heavy atom. The molecule has 0 spiro atoms. The summed E-state index contributed by atoms with van der Waals surface area (Å²) in [5.74, 6) is -0.407. The fourth-order valence-electron chi connectivity index (χ4n) is 3.77. The molecular formula is C25H25ClFN3O. The van der Waals surface area contributed by atoms with Gasteiger partial charge in [0.05, 0.1) is 0 Å². The molecule has 0 atom stereocenters. The summed E-state index contributed by atoms with van der Waals surface area (Å²) in [6.45, 7) is 5.02. The van der Waals surface area contributed by atoms with Crippen LogP contribution in [0.2, 0.25) is 5.02 Å². The minimum absolute atomic E-state index is 0.126. The molecule has 160 valence electrons. The quantitative estimate of drug-likeness (QED) is 0.605. The summed E-state index contributed by atoms with van der Waals surface area (Å²) in [7, 11) is 0. The monoisotopic (exact) mass is 437 g/mol. The van der Waals surface area contributed by atoms with E-state index >= 15 is 0 Å². The van der Waals surface area contributed by atoms with Crippen LogP contribution in [0.25, 0.3) is 0 Å². The van der Waals surface area contributed by atoms with Gasteiger partial charge in [0.1, 0.15) is 5.82 Å². The van der Waals surface area contributed by atoms with Crippen molar-refractivity contribution >= 4 is 23.2 Å². The predicted molar refractivity (Wildman–Crippen MR) is 123 cm³/mol. The number of hydrogen-bond acceptors (Lipinski definition) is 3. The zero-order valence-corrected chi connectivity index (χ0v) is 18.0. The third kappa shape index (κ3) is 5.84. The fourth-order valence-corrected chi connectivity index (χ4v) is 3.90. The van der Waals surface area contributed by atoms with E-state index in [0.717, 1.165) is 48.9 Å². The first-order valence-corrected chi connectivity index (χ1v) is 10.8. The molecule has 3 aromatic rings. The van der Waals surface area contributed by atoms with Crippen LogP contribution in [0.3, 0.4) is 0 Å². The van der Waals surface area contributed by atoms with Gasteiger partial charge in [0.2, 0.25) is 0 Å². The molecule has 0 aromatic heterocycles. The average Bonchev–Trinajstić information content (AvgIpc) is 2.80. The maximum Gasteiger partial charge on any atom is 0.251 e. The number of rotatable bonds is 6. The van der Waals surface area contributed by atoms with Gasteiger partial charge < -0.3 is 10.2 Å². The van der Waals surface area contributed by atoms with Gasteiger partial charge in [-0.2, -0.15) is 0 Å². The van der Waals surface area contributed by atoms with Crippen LogP contribution < -0.4 is 10.2 Å². The Bertz CT molecular complexity index is 1020. The molecule has 1 amide bonds. The average molecular weight is 438 g/mol. The molecule has 0 saturated carbocycles. The van der Waals surface area contributed by atoms with E-state index < -0.39 is 0 Å². The highest BCUT2D eigenvalue weighted by atomic mass is 35.5. The Morgan fingerprint density at radius 1 is 0.903 bits per heavy atom. The SMILES string of the molecule is O=C(NCc1ccc(F)cc1)c1cccc(CN2CCN(c3ccc(Cl)cc3)CC2)c1. The van der Waals surface area contributed by atoms with Crippen LogP contribution in [0.15, 0.2) is 72.8 Å². The highest BCUT2D eigenvalue weighted by Crippen LogP contribution is 2.20. The molecule has 3 aromatic carbocycles. The molecule has 0 bridgehead atoms. The van der Waals surface area contributed by atoms with Crippen molar-refractivity contribution in [3.8, 4) is 0 Å². The number of piperazine rings is 1. The van der Waals surface area contributed by atoms with Gasteiger partial charge in [0.15, 0.2) is 0 Å². The van der Waals surface area contributed by atoms with Crippen LogP contribution >= 0.6 is 11.6 Å². The van der Waals surface area contributed by atoms with Gasteiger partial charge in [-0.05, 0) is 59.7 Å². The van der Waals surface area contributed by atoms with Crippen molar-refractivity contribution in [1.29, 1.82) is 0 Å². The number of halogens is 2. The maximum atomic E-state index is 13.0. The number of carbonyl (C=O) groups is 1. The van der Waals surface area contributed by atoms with E-state index in [0.29, 0.717) is 12.1 Å². The van der Waals surface area contributed by atoms with Crippen molar-refractivity contribution < 1.29 is 9.18 Å². The topological polar surface area (TPSA) is 35.6 Å². The predicted octanol–water partition coefficient (Wildman–Crippen LogP) is 4.73. The van der Waals surface area contributed by atoms with Crippen molar-refractivity contribution in [1.82, 2.24) is 10.2 Å². The first-order valence-electron chi connectivity index (χ1n) is 10.4. The molecule has 4 rings (SSSR count). The molecule has 0 aliphatic carbocycles. The summed E-state index contributed by atoms with van der Waals surface area (Å²) < 4.78 is 13.0. The lowest BCUT2D eigenvalue weighted by atomic mass is 10.1. The second-order valence-electron chi connectivity index (χ2n) is 7.75. The van der Waals surface area contributed by atoms with Crippen molar-refractivity contribution in [3.63, 3.8) is 0 Å². The minimum atomic E-state index is -0.281. The first-order chi connectivity index (χ1) is 15.1. The van der Waals surface area contributed by atoms with Crippen LogP contribution in [-0.2, 0) is 13.1 Å². The number of hydrogen-bond donors (Lipinski definition) is 1. The fraction of sp³-hybridized carbons (Fsp3) is 0.240. The molecule has 6 heteroatoms. The number of carbonyl (C=O) groups excluding carboxylic acids is 1. The molecular weight excluding hydrogens is 413 g/mol. The Hall–Kier alpha value is -2.89. The highest BCUT2D eigenvalue weighted by Gasteiger charge is 2.17. The zero-order valence-electron chi connectivity index (χ0n) is 17.2. The van der Waals surface area contributed by atoms with Gasteiger partial charge >= 0.3 is 0 Å². The number of anilines is 1. The largest absolute Gasteiger partial charge is 0.369 e. The van der Waals surface area contributed by atoms with Gasteiger partial charge in [-0.25, -0.2) is 4.39 Å². The number of nitrogens with one attached hydrogen (secondary N) is 1. The summed E-state index contributed by atoms with van der Waals surface area (Å²) in [4.78, 5) is 17.3. The van der Waals surface area contributed by atoms with Crippen molar-refractivity contribution in [2.45, 2.75) is 13.1 Å². The molecule has 1 fully saturated rings. The standard InChI is InChI=1S/C25H25ClFN3O/c26-22-6-10-24(11-7-22)30-14-12-29(13-15-30)18-20-2-1-3-21(16-20)25(31)28-17-19-4-8-23(27)9-5-19/h1-11,16H,12-15,17-18H2,(H,28,31). The van der Waals surface area contributed by atoms with E-state index in [-0.39, 0.29) is 11.7 Å². The summed E-state index contributed by atoms with van der Waals surface area (Å²) in [5.41, 5.74) is 3.82. The number of benzene rings is 3. The molecule has 31 heavy (non-hydrogen) atoms. The third-order valence-electron chi connectivity index (χ3n) is 5.53. The van der Waals surface area contributed by atoms with E-state index in [2.05, 4.69) is 33.3 Å². The zero-order chi connectivity index (χ0) is 21.6. The number of nitrogens with zero attached hydrogens (tertiary/aromatic N) is 2. The van der Waals surface area contributed by atoms with Crippen LogP contribution in [0.5, 0.6) is 0 Å². The van der Waals surface area contributed by atoms with Crippen LogP contribution in [0.4, 0.5) is 10.1 Å². The van der Waals surface area contributed by atoms with Gasteiger partial charge in [-0.15, -0.1) is 0 Å². The molecule has 1 N–H and O–H groups in total. The molecule has 0 radical (unpaired) electrons. The van der Waals surface area contributed by atoms with Crippen molar-refractivity contribution in [3.05, 3.63) is 100 Å². The molecule has 0 unspecified atom stereocenters. The van der Waals surface area contributed by atoms with Gasteiger partial charge in [0.25, 0.3) is 5.91 Å².